The van der Waals surface area contributed by atoms with Crippen LogP contribution in [0.15, 0.2) is 24.2 Å². The van der Waals surface area contributed by atoms with Crippen LogP contribution in [0.1, 0.15) is 28.6 Å². The average Bonchev–Trinajstić information content (AvgIpc) is 2.90. The first-order chi connectivity index (χ1) is 12.6. The Balaban J connectivity index is 1.95. The molecule has 5 nitrogen and oxygen atoms in total. The Bertz CT molecular complexity index is 949. The van der Waals surface area contributed by atoms with E-state index in [0.717, 1.165) is 12.5 Å². The predicted molar refractivity (Wildman–Crippen MR) is 87.2 cm³/mol. The number of hydrogen-bond donors (Lipinski definition) is 2. The number of aliphatic hydroxyl groups is 1. The number of phenols is 1. The normalized spacial score (nSPS) is 47.4. The molecule has 0 unspecified atom stereocenters. The fourth-order valence-electron chi connectivity index (χ4n) is 5.08. The lowest BCUT2D eigenvalue weighted by atomic mass is 9.51. The lowest BCUT2D eigenvalue weighted by Gasteiger charge is -2.58. The van der Waals surface area contributed by atoms with E-state index in [4.69, 9.17) is 7.48 Å². The quantitative estimate of drug-likeness (QED) is 0.756. The molecule has 0 amide bonds. The number of Topliss-reactive ketones (excluding diaryl/α,β-unsaturated/α-hetero) is 1. The zero-order valence-corrected chi connectivity index (χ0v) is 13.6. The van der Waals surface area contributed by atoms with E-state index in [2.05, 4.69) is 4.90 Å². The van der Waals surface area contributed by atoms with Crippen LogP contribution in [0.25, 0.3) is 0 Å². The molecule has 2 N–H and O–H groups in total. The van der Waals surface area contributed by atoms with Crippen LogP contribution < -0.4 is 4.74 Å². The molecule has 5 heteroatoms. The highest BCUT2D eigenvalue weighted by atomic mass is 16.5. The molecule has 2 heterocycles. The zero-order chi connectivity index (χ0) is 19.5. The molecule has 1 saturated heterocycles. The van der Waals surface area contributed by atoms with Crippen molar-refractivity contribution in [3.05, 3.63) is 35.4 Å². The van der Waals surface area contributed by atoms with Crippen LogP contribution in [0.3, 0.4) is 0 Å². The van der Waals surface area contributed by atoms with E-state index in [9.17, 15) is 16.4 Å². The van der Waals surface area contributed by atoms with Crippen molar-refractivity contribution in [2.45, 2.75) is 42.9 Å². The minimum absolute atomic E-state index is 0.109. The van der Waals surface area contributed by atoms with E-state index in [-0.39, 0.29) is 23.6 Å². The van der Waals surface area contributed by atoms with Crippen LogP contribution in [0.4, 0.5) is 0 Å². The summed E-state index contributed by atoms with van der Waals surface area (Å²) in [6, 6.07) is 2.48. The number of aromatic hydroxyl groups is 1. The molecule has 4 aliphatic rings. The van der Waals surface area contributed by atoms with Gasteiger partial charge in [0.15, 0.2) is 22.9 Å². The third kappa shape index (κ3) is 1.38. The van der Waals surface area contributed by atoms with Gasteiger partial charge in [-0.1, -0.05) is 12.1 Å². The van der Waals surface area contributed by atoms with Gasteiger partial charge in [0.2, 0.25) is 0 Å². The van der Waals surface area contributed by atoms with E-state index in [1.807, 2.05) is 7.05 Å². The van der Waals surface area contributed by atoms with E-state index >= 15 is 0 Å². The zero-order valence-electron chi connectivity index (χ0n) is 16.6. The second-order valence-electron chi connectivity index (χ2n) is 7.37. The van der Waals surface area contributed by atoms with Gasteiger partial charge in [0.1, 0.15) is 6.08 Å². The average molecular weight is 330 g/mol. The first kappa shape index (κ1) is 11.7. The van der Waals surface area contributed by atoms with Gasteiger partial charge in [0, 0.05) is 22.9 Å². The Morgan fingerprint density at radius 3 is 3.08 bits per heavy atom. The summed E-state index contributed by atoms with van der Waals surface area (Å²) in [6.45, 7) is 1.73. The summed E-state index contributed by atoms with van der Waals surface area (Å²) in [7, 11) is 1.95. The van der Waals surface area contributed by atoms with Gasteiger partial charge in [0.25, 0.3) is 0 Å². The highest BCUT2D eigenvalue weighted by Gasteiger charge is 2.68. The number of ketones is 1. The lowest BCUT2D eigenvalue weighted by molar-refractivity contribution is -0.148. The largest absolute Gasteiger partial charge is 0.504 e. The van der Waals surface area contributed by atoms with E-state index < -0.39 is 34.8 Å². The van der Waals surface area contributed by atoms with Gasteiger partial charge in [-0.25, -0.2) is 0 Å². The number of hydrogen-bond acceptors (Lipinski definition) is 5. The Morgan fingerprint density at radius 2 is 2.33 bits per heavy atom. The minimum Gasteiger partial charge on any atom is -0.504 e. The summed E-state index contributed by atoms with van der Waals surface area (Å²) in [4.78, 5) is 14.6. The minimum atomic E-state index is -2.57. The monoisotopic (exact) mass is 330 g/mol. The van der Waals surface area contributed by atoms with E-state index in [1.54, 1.807) is 6.07 Å². The van der Waals surface area contributed by atoms with Crippen LogP contribution in [0.5, 0.6) is 11.5 Å². The molecule has 0 saturated carbocycles. The lowest BCUT2D eigenvalue weighted by Crippen LogP contribution is -2.69. The van der Waals surface area contributed by atoms with Gasteiger partial charge in [0.05, 0.1) is 4.11 Å². The number of ether oxygens (including phenoxy) is 1. The summed E-state index contributed by atoms with van der Waals surface area (Å²) in [5, 5.41) is 21.8. The second-order valence-corrected chi connectivity index (χ2v) is 7.37. The van der Waals surface area contributed by atoms with Crippen LogP contribution in [0, 0.1) is 5.92 Å². The molecule has 1 aromatic rings. The Morgan fingerprint density at radius 1 is 1.54 bits per heavy atom. The smallest absolute Gasteiger partial charge is 0.178 e. The van der Waals surface area contributed by atoms with Gasteiger partial charge in [-0.2, -0.15) is 0 Å². The maximum absolute atomic E-state index is 12.5. The highest BCUT2D eigenvalue weighted by molar-refractivity contribution is 5.89. The molecule has 1 fully saturated rings. The Hall–Kier alpha value is -1.85. The second kappa shape index (κ2) is 4.21. The van der Waals surface area contributed by atoms with Crippen LogP contribution in [0.2, 0.25) is 0 Å². The molecular formula is C19H21NO4. The molecule has 0 radical (unpaired) electrons. The van der Waals surface area contributed by atoms with Crippen LogP contribution in [-0.4, -0.2) is 52.2 Å². The van der Waals surface area contributed by atoms with Gasteiger partial charge < -0.3 is 19.8 Å². The molecule has 2 bridgehead atoms. The fourth-order valence-corrected chi connectivity index (χ4v) is 5.08. The summed E-state index contributed by atoms with van der Waals surface area (Å²) in [5.41, 5.74) is -2.20. The standard InChI is InChI=1S/C19H21NO4/c1-10(21)19(23)6-5-12-13-9-11-3-4-14(22)16-15(11)18(12,17(19)24-16)7-8-20(13)2/h3-6,12-13,17,22-23H,7-9H2,1-2H3/t12-,13+,17+,18-,19+/m0/s1/i5D,6D,17D. The number of benzene rings is 1. The third-order valence-corrected chi connectivity index (χ3v) is 6.30. The predicted octanol–water partition coefficient (Wildman–Crippen LogP) is 1.16. The number of carbonyl (C=O) groups excluding carboxylic acids is 1. The van der Waals surface area contributed by atoms with E-state index in [1.165, 1.54) is 6.07 Å². The van der Waals surface area contributed by atoms with Crippen molar-refractivity contribution in [1.82, 2.24) is 4.90 Å². The molecule has 2 aliphatic heterocycles. The molecule has 1 aromatic carbocycles. The first-order valence-corrected chi connectivity index (χ1v) is 8.27. The topological polar surface area (TPSA) is 70.0 Å². The molecule has 24 heavy (non-hydrogen) atoms. The van der Waals surface area contributed by atoms with Crippen molar-refractivity contribution < 1.29 is 23.9 Å². The van der Waals surface area contributed by atoms with Crippen molar-refractivity contribution in [3.63, 3.8) is 0 Å². The van der Waals surface area contributed by atoms with Crippen molar-refractivity contribution in [3.8, 4) is 11.5 Å². The molecule has 0 aromatic heterocycles. The first-order valence-electron chi connectivity index (χ1n) is 9.77. The summed E-state index contributed by atoms with van der Waals surface area (Å²) in [5.74, 6) is -1.40. The molecule has 5 atom stereocenters. The van der Waals surface area contributed by atoms with Crippen molar-refractivity contribution in [1.29, 1.82) is 0 Å². The number of piperidine rings is 1. The number of likely N-dealkylation sites (tertiary alicyclic amines) is 1. The summed E-state index contributed by atoms with van der Waals surface area (Å²) in [6.07, 6.45) is -1.21. The Kier molecular flexibility index (Phi) is 2.05. The number of rotatable bonds is 1. The van der Waals surface area contributed by atoms with Crippen molar-refractivity contribution >= 4 is 5.78 Å². The Labute approximate surface area is 144 Å². The SMILES string of the molecule is [2H]C1=C([2H])[C@@](O)(C(C)=O)[C@]2([2H])Oc3c(O)ccc4c3[C@@]23CCN(C)[C@H](C4)[C@H]13. The highest BCUT2D eigenvalue weighted by Crippen LogP contribution is 2.63. The maximum Gasteiger partial charge on any atom is 0.178 e. The van der Waals surface area contributed by atoms with Gasteiger partial charge in [-0.05, 0) is 51.0 Å². The van der Waals surface area contributed by atoms with Gasteiger partial charge in [-0.3, -0.25) is 4.79 Å². The van der Waals surface area contributed by atoms with Crippen LogP contribution in [-0.2, 0) is 16.6 Å². The van der Waals surface area contributed by atoms with Crippen molar-refractivity contribution in [2.24, 2.45) is 5.92 Å². The van der Waals surface area contributed by atoms with Crippen LogP contribution >= 0.6 is 0 Å². The van der Waals surface area contributed by atoms with Crippen molar-refractivity contribution in [2.75, 3.05) is 13.6 Å². The fraction of sp³-hybridized carbons (Fsp3) is 0.526. The number of likely N-dealkylation sites (N-methyl/N-ethyl adjacent to an activating group) is 1. The summed E-state index contributed by atoms with van der Waals surface area (Å²) >= 11 is 0. The number of phenolic OH excluding ortho intramolecular Hbond substituents is 1. The molecule has 2 aliphatic carbocycles. The van der Waals surface area contributed by atoms with E-state index in [0.29, 0.717) is 24.9 Å². The molecule has 126 valence electrons. The number of nitrogens with zero attached hydrogens (tertiary/aromatic N) is 1. The molecular weight excluding hydrogens is 306 g/mol. The van der Waals surface area contributed by atoms with Gasteiger partial charge >= 0.3 is 0 Å². The summed E-state index contributed by atoms with van der Waals surface area (Å²) < 4.78 is 32.3. The number of carbonyl (C=O) groups is 1. The van der Waals surface area contributed by atoms with Gasteiger partial charge in [-0.15, -0.1) is 0 Å². The third-order valence-electron chi connectivity index (χ3n) is 6.30. The molecule has 1 spiro atoms. The maximum atomic E-state index is 12.5. The molecule has 5 rings (SSSR count).